The molecule has 1 fully saturated rings. The quantitative estimate of drug-likeness (QED) is 0.587. The summed E-state index contributed by atoms with van der Waals surface area (Å²) in [6.45, 7) is 10.9. The molecule has 2 aromatic rings. The molecule has 0 saturated carbocycles. The molecule has 1 aliphatic heterocycles. The summed E-state index contributed by atoms with van der Waals surface area (Å²) in [7, 11) is 0. The number of piperidine rings is 1. The summed E-state index contributed by atoms with van der Waals surface area (Å²) >= 11 is 0. The van der Waals surface area contributed by atoms with Crippen molar-refractivity contribution in [3.8, 4) is 5.75 Å². The number of nitrogens with zero attached hydrogens (tertiary/aromatic N) is 4. The van der Waals surface area contributed by atoms with E-state index in [2.05, 4.69) is 40.5 Å². The van der Waals surface area contributed by atoms with Crippen LogP contribution in [0.25, 0.3) is 0 Å². The lowest BCUT2D eigenvalue weighted by atomic mass is 10.1. The normalized spacial score (nSPS) is 15.9. The van der Waals surface area contributed by atoms with Gasteiger partial charge in [0.05, 0.1) is 0 Å². The van der Waals surface area contributed by atoms with Gasteiger partial charge in [0.1, 0.15) is 24.2 Å². The Hall–Kier alpha value is -2.50. The van der Waals surface area contributed by atoms with Gasteiger partial charge in [-0.15, -0.1) is 0 Å². The van der Waals surface area contributed by atoms with Crippen molar-refractivity contribution in [3.63, 3.8) is 0 Å². The Morgan fingerprint density at radius 2 is 2.00 bits per heavy atom. The first kappa shape index (κ1) is 20.2. The maximum atomic E-state index is 6.11. The summed E-state index contributed by atoms with van der Waals surface area (Å²) < 4.78 is 8.32. The molecule has 3 rings (SSSR count). The van der Waals surface area contributed by atoms with Gasteiger partial charge in [0.15, 0.2) is 5.96 Å². The van der Waals surface area contributed by atoms with E-state index in [1.54, 1.807) is 0 Å². The molecule has 1 aromatic heterocycles. The summed E-state index contributed by atoms with van der Waals surface area (Å²) in [4.78, 5) is 11.7. The van der Waals surface area contributed by atoms with Crippen LogP contribution in [-0.4, -0.2) is 46.1 Å². The molecule has 1 aromatic carbocycles. The molecule has 152 valence electrons. The van der Waals surface area contributed by atoms with Crippen LogP contribution in [0, 0.1) is 5.92 Å². The molecule has 0 atom stereocenters. The first-order valence-corrected chi connectivity index (χ1v) is 10.4. The Balaban J connectivity index is 1.57. The van der Waals surface area contributed by atoms with Gasteiger partial charge in [0, 0.05) is 51.4 Å². The van der Waals surface area contributed by atoms with Crippen LogP contribution < -0.4 is 10.1 Å². The van der Waals surface area contributed by atoms with Crippen molar-refractivity contribution in [3.05, 3.63) is 48.5 Å². The molecule has 6 nitrogen and oxygen atoms in total. The van der Waals surface area contributed by atoms with E-state index in [9.17, 15) is 0 Å². The maximum absolute atomic E-state index is 6.11. The van der Waals surface area contributed by atoms with Gasteiger partial charge < -0.3 is 19.5 Å². The predicted molar refractivity (Wildman–Crippen MR) is 114 cm³/mol. The minimum absolute atomic E-state index is 0.270. The molecule has 0 unspecified atom stereocenters. The van der Waals surface area contributed by atoms with Crippen molar-refractivity contribution in [2.45, 2.75) is 52.8 Å². The molecule has 0 amide bonds. The van der Waals surface area contributed by atoms with E-state index in [-0.39, 0.29) is 6.10 Å². The highest BCUT2D eigenvalue weighted by Gasteiger charge is 2.22. The zero-order valence-electron chi connectivity index (χ0n) is 17.3. The standard InChI is InChI=1S/C22H33N5O/c1-4-23-22(25-16-21-24-12-15-27(21)17-18(2)3)26-13-10-20(11-14-26)28-19-8-6-5-7-9-19/h5-9,12,15,18,20H,4,10-11,13-14,16-17H2,1-3H3,(H,23,25). The molecule has 6 heteroatoms. The van der Waals surface area contributed by atoms with Gasteiger partial charge in [0.25, 0.3) is 0 Å². The highest BCUT2D eigenvalue weighted by Crippen LogP contribution is 2.19. The number of likely N-dealkylation sites (tertiary alicyclic amines) is 1. The number of nitrogens with one attached hydrogen (secondary N) is 1. The molecule has 0 spiro atoms. The zero-order valence-corrected chi connectivity index (χ0v) is 17.3. The van der Waals surface area contributed by atoms with Crippen molar-refractivity contribution in [1.29, 1.82) is 0 Å². The van der Waals surface area contributed by atoms with Crippen molar-refractivity contribution < 1.29 is 4.74 Å². The Morgan fingerprint density at radius 3 is 2.68 bits per heavy atom. The number of benzene rings is 1. The molecule has 1 saturated heterocycles. The maximum Gasteiger partial charge on any atom is 0.194 e. The molecule has 1 aliphatic rings. The topological polar surface area (TPSA) is 54.7 Å². The summed E-state index contributed by atoms with van der Waals surface area (Å²) in [6.07, 6.45) is 6.19. The van der Waals surface area contributed by atoms with Gasteiger partial charge in [-0.2, -0.15) is 0 Å². The fourth-order valence-corrected chi connectivity index (χ4v) is 3.50. The third-order valence-electron chi connectivity index (χ3n) is 4.86. The van der Waals surface area contributed by atoms with Gasteiger partial charge in [-0.1, -0.05) is 32.0 Å². The van der Waals surface area contributed by atoms with Gasteiger partial charge in [0.2, 0.25) is 0 Å². The number of aromatic nitrogens is 2. The van der Waals surface area contributed by atoms with Crippen LogP contribution in [0.4, 0.5) is 0 Å². The van der Waals surface area contributed by atoms with Crippen LogP contribution >= 0.6 is 0 Å². The zero-order chi connectivity index (χ0) is 19.8. The lowest BCUT2D eigenvalue weighted by Gasteiger charge is -2.34. The minimum Gasteiger partial charge on any atom is -0.490 e. The van der Waals surface area contributed by atoms with Gasteiger partial charge in [-0.3, -0.25) is 0 Å². The lowest BCUT2D eigenvalue weighted by molar-refractivity contribution is 0.129. The number of hydrogen-bond donors (Lipinski definition) is 1. The van der Waals surface area contributed by atoms with Crippen LogP contribution in [-0.2, 0) is 13.1 Å². The number of ether oxygens (including phenoxy) is 1. The van der Waals surface area contributed by atoms with E-state index in [0.717, 1.165) is 56.6 Å². The molecule has 28 heavy (non-hydrogen) atoms. The summed E-state index contributed by atoms with van der Waals surface area (Å²) in [5.41, 5.74) is 0. The minimum atomic E-state index is 0.270. The molecular formula is C22H33N5O. The number of para-hydroxylation sites is 1. The number of aliphatic imine (C=N–C) groups is 1. The van der Waals surface area contributed by atoms with E-state index >= 15 is 0 Å². The van der Waals surface area contributed by atoms with Crippen molar-refractivity contribution in [1.82, 2.24) is 19.8 Å². The van der Waals surface area contributed by atoms with E-state index < -0.39 is 0 Å². The van der Waals surface area contributed by atoms with Crippen LogP contribution in [0.5, 0.6) is 5.75 Å². The first-order chi connectivity index (χ1) is 13.7. The monoisotopic (exact) mass is 383 g/mol. The Labute approximate surface area is 168 Å². The second kappa shape index (κ2) is 10.2. The summed E-state index contributed by atoms with van der Waals surface area (Å²) in [5.74, 6) is 3.54. The predicted octanol–water partition coefficient (Wildman–Crippen LogP) is 3.55. The summed E-state index contributed by atoms with van der Waals surface area (Å²) in [6, 6.07) is 10.1. The van der Waals surface area contributed by atoms with Crippen molar-refractivity contribution >= 4 is 5.96 Å². The second-order valence-corrected chi connectivity index (χ2v) is 7.68. The largest absolute Gasteiger partial charge is 0.490 e. The van der Waals surface area contributed by atoms with Crippen LogP contribution in [0.15, 0.2) is 47.7 Å². The molecule has 2 heterocycles. The first-order valence-electron chi connectivity index (χ1n) is 10.4. The smallest absolute Gasteiger partial charge is 0.194 e. The third kappa shape index (κ3) is 5.75. The molecule has 0 radical (unpaired) electrons. The number of guanidine groups is 1. The van der Waals surface area contributed by atoms with Gasteiger partial charge in [-0.05, 0) is 25.0 Å². The van der Waals surface area contributed by atoms with Crippen LogP contribution in [0.1, 0.15) is 39.4 Å². The lowest BCUT2D eigenvalue weighted by Crippen LogP contribution is -2.47. The number of rotatable bonds is 7. The van der Waals surface area contributed by atoms with Crippen molar-refractivity contribution in [2.75, 3.05) is 19.6 Å². The Morgan fingerprint density at radius 1 is 1.25 bits per heavy atom. The van der Waals surface area contributed by atoms with E-state index in [0.29, 0.717) is 12.5 Å². The molecule has 0 aliphatic carbocycles. The highest BCUT2D eigenvalue weighted by atomic mass is 16.5. The van der Waals surface area contributed by atoms with Gasteiger partial charge >= 0.3 is 0 Å². The van der Waals surface area contributed by atoms with E-state index in [1.807, 2.05) is 42.7 Å². The van der Waals surface area contributed by atoms with E-state index in [1.165, 1.54) is 0 Å². The SMILES string of the molecule is CCNC(=NCc1nccn1CC(C)C)N1CCC(Oc2ccccc2)CC1. The number of imidazole rings is 1. The Bertz CT molecular complexity index is 732. The summed E-state index contributed by atoms with van der Waals surface area (Å²) in [5, 5.41) is 3.44. The fourth-order valence-electron chi connectivity index (χ4n) is 3.50. The second-order valence-electron chi connectivity index (χ2n) is 7.68. The molecular weight excluding hydrogens is 350 g/mol. The molecule has 1 N–H and O–H groups in total. The van der Waals surface area contributed by atoms with E-state index in [4.69, 9.17) is 9.73 Å². The molecule has 0 bridgehead atoms. The average Bonchev–Trinajstić information content (AvgIpc) is 3.13. The van der Waals surface area contributed by atoms with Crippen molar-refractivity contribution in [2.24, 2.45) is 10.9 Å². The van der Waals surface area contributed by atoms with Crippen LogP contribution in [0.2, 0.25) is 0 Å². The van der Waals surface area contributed by atoms with Crippen LogP contribution in [0.3, 0.4) is 0 Å². The number of hydrogen-bond acceptors (Lipinski definition) is 3. The fraction of sp³-hybridized carbons (Fsp3) is 0.545. The third-order valence-corrected chi connectivity index (χ3v) is 4.86. The highest BCUT2D eigenvalue weighted by molar-refractivity contribution is 5.80. The average molecular weight is 384 g/mol. The van der Waals surface area contributed by atoms with Gasteiger partial charge in [-0.25, -0.2) is 9.98 Å². The Kier molecular flexibility index (Phi) is 7.34.